The Hall–Kier alpha value is -4.43. The van der Waals surface area contributed by atoms with E-state index in [0.717, 1.165) is 18.2 Å². The van der Waals surface area contributed by atoms with Crippen molar-refractivity contribution in [1.29, 1.82) is 0 Å². The summed E-state index contributed by atoms with van der Waals surface area (Å²) < 4.78 is 73.1. The van der Waals surface area contributed by atoms with Crippen molar-refractivity contribution in [2.24, 2.45) is 0 Å². The van der Waals surface area contributed by atoms with Crippen LogP contribution in [0.15, 0.2) is 48.5 Å². The minimum Gasteiger partial charge on any atom is -0.493 e. The zero-order chi connectivity index (χ0) is 30.9. The molecule has 0 bridgehead atoms. The molecule has 0 saturated heterocycles. The lowest BCUT2D eigenvalue weighted by atomic mass is 9.82. The molecule has 2 heterocycles. The summed E-state index contributed by atoms with van der Waals surface area (Å²) >= 11 is 0. The highest BCUT2D eigenvalue weighted by Crippen LogP contribution is 2.48. The van der Waals surface area contributed by atoms with Crippen molar-refractivity contribution in [2.75, 3.05) is 33.5 Å². The first-order chi connectivity index (χ1) is 19.7. The second-order valence-electron chi connectivity index (χ2n) is 9.64. The molecular weight excluding hydrogens is 568 g/mol. The number of carbonyl (C=O) groups is 2. The van der Waals surface area contributed by atoms with Crippen molar-refractivity contribution in [3.63, 3.8) is 0 Å². The molecule has 1 unspecified atom stereocenters. The molecule has 0 fully saturated rings. The SMILES string of the molecule is COc1cc(C(=O)NCC(O)(c2cc3c(c(-c4ccc(F)cc4)n2)OC[C@]3(C)C(=O)O)C(F)(F)F)ccc1OCCO. The van der Waals surface area contributed by atoms with Crippen LogP contribution in [-0.4, -0.2) is 71.8 Å². The molecule has 14 heteroatoms. The van der Waals surface area contributed by atoms with Gasteiger partial charge in [-0.2, -0.15) is 13.2 Å². The molecule has 224 valence electrons. The number of hydrogen-bond acceptors (Lipinski definition) is 8. The van der Waals surface area contributed by atoms with E-state index in [1.807, 2.05) is 0 Å². The quantitative estimate of drug-likeness (QED) is 0.260. The van der Waals surface area contributed by atoms with Gasteiger partial charge in [0.15, 0.2) is 11.5 Å². The van der Waals surface area contributed by atoms with E-state index in [1.165, 1.54) is 44.4 Å². The molecule has 4 rings (SSSR count). The molecule has 4 N–H and O–H groups in total. The molecular formula is C28H26F4N2O8. The molecule has 1 aliphatic rings. The summed E-state index contributed by atoms with van der Waals surface area (Å²) in [7, 11) is 1.28. The third kappa shape index (κ3) is 5.54. The zero-order valence-electron chi connectivity index (χ0n) is 22.3. The fraction of sp³-hybridized carbons (Fsp3) is 0.321. The largest absolute Gasteiger partial charge is 0.493 e. The zero-order valence-corrected chi connectivity index (χ0v) is 22.3. The fourth-order valence-corrected chi connectivity index (χ4v) is 4.31. The standard InChI is InChI=1S/C28H26F4N2O8/c1-26(25(37)38)14-42-23-18(26)12-21(34-22(23)15-3-6-17(29)7-4-15)27(39,28(30,31)32)13-33-24(36)16-5-8-19(41-10-9-35)20(11-16)40-2/h3-8,11-12,35,39H,9-10,13-14H2,1-2H3,(H,33,36)(H,37,38)/t26-,27?/m0/s1. The summed E-state index contributed by atoms with van der Waals surface area (Å²) in [5.41, 5.74) is -7.05. The third-order valence-corrected chi connectivity index (χ3v) is 6.83. The Bertz CT molecular complexity index is 1500. The van der Waals surface area contributed by atoms with E-state index in [-0.39, 0.29) is 52.8 Å². The molecule has 10 nitrogen and oxygen atoms in total. The van der Waals surface area contributed by atoms with Crippen molar-refractivity contribution in [2.45, 2.75) is 24.1 Å². The van der Waals surface area contributed by atoms with E-state index in [1.54, 1.807) is 0 Å². The van der Waals surface area contributed by atoms with Gasteiger partial charge in [0.25, 0.3) is 5.91 Å². The number of halogens is 4. The Balaban J connectivity index is 1.76. The molecule has 0 saturated carbocycles. The lowest BCUT2D eigenvalue weighted by molar-refractivity contribution is -0.265. The van der Waals surface area contributed by atoms with Gasteiger partial charge in [-0.25, -0.2) is 9.37 Å². The first kappa shape index (κ1) is 30.5. The molecule has 0 aliphatic carbocycles. The number of carboxylic acid groups (broad SMARTS) is 1. The number of amides is 1. The van der Waals surface area contributed by atoms with Gasteiger partial charge >= 0.3 is 12.1 Å². The van der Waals surface area contributed by atoms with Gasteiger partial charge in [0.1, 0.15) is 35.9 Å². The monoisotopic (exact) mass is 594 g/mol. The summed E-state index contributed by atoms with van der Waals surface area (Å²) in [4.78, 5) is 29.0. The van der Waals surface area contributed by atoms with Crippen LogP contribution in [0.2, 0.25) is 0 Å². The highest BCUT2D eigenvalue weighted by atomic mass is 19.4. The number of nitrogens with one attached hydrogen (secondary N) is 1. The maximum Gasteiger partial charge on any atom is 0.424 e. The van der Waals surface area contributed by atoms with Crippen molar-refractivity contribution in [3.8, 4) is 28.5 Å². The molecule has 0 spiro atoms. The molecule has 3 aromatic rings. The molecule has 2 aromatic carbocycles. The first-order valence-corrected chi connectivity index (χ1v) is 12.4. The summed E-state index contributed by atoms with van der Waals surface area (Å²) in [5.74, 6) is -2.93. The average Bonchev–Trinajstić information content (AvgIpc) is 3.31. The van der Waals surface area contributed by atoms with Crippen LogP contribution in [-0.2, 0) is 15.8 Å². The van der Waals surface area contributed by atoms with Crippen molar-refractivity contribution >= 4 is 11.9 Å². The Morgan fingerprint density at radius 3 is 2.40 bits per heavy atom. The summed E-state index contributed by atoms with van der Waals surface area (Å²) in [6.45, 7) is -0.953. The minimum absolute atomic E-state index is 0.0689. The second-order valence-corrected chi connectivity index (χ2v) is 9.64. The number of hydrogen-bond donors (Lipinski definition) is 4. The summed E-state index contributed by atoms with van der Waals surface area (Å²) in [5, 5.41) is 31.9. The maximum absolute atomic E-state index is 14.5. The first-order valence-electron chi connectivity index (χ1n) is 12.4. The van der Waals surface area contributed by atoms with Crippen LogP contribution < -0.4 is 19.5 Å². The van der Waals surface area contributed by atoms with Gasteiger partial charge in [0, 0.05) is 16.7 Å². The number of rotatable bonds is 10. The number of carbonyl (C=O) groups excluding carboxylic acids is 1. The smallest absolute Gasteiger partial charge is 0.424 e. The number of fused-ring (bicyclic) bond motifs is 1. The number of pyridine rings is 1. The van der Waals surface area contributed by atoms with Gasteiger partial charge in [0.05, 0.1) is 26.0 Å². The van der Waals surface area contributed by atoms with Gasteiger partial charge < -0.3 is 34.8 Å². The van der Waals surface area contributed by atoms with Crippen LogP contribution in [0.25, 0.3) is 11.3 Å². The Morgan fingerprint density at radius 2 is 1.81 bits per heavy atom. The van der Waals surface area contributed by atoms with Gasteiger partial charge in [-0.3, -0.25) is 9.59 Å². The van der Waals surface area contributed by atoms with Crippen LogP contribution in [0.5, 0.6) is 17.2 Å². The molecule has 42 heavy (non-hydrogen) atoms. The van der Waals surface area contributed by atoms with Crippen LogP contribution in [0.4, 0.5) is 17.6 Å². The number of aliphatic hydroxyl groups is 2. The molecule has 2 atom stereocenters. The van der Waals surface area contributed by atoms with E-state index in [9.17, 15) is 37.4 Å². The lowest BCUT2D eigenvalue weighted by Gasteiger charge is -2.31. The fourth-order valence-electron chi connectivity index (χ4n) is 4.31. The highest BCUT2D eigenvalue weighted by Gasteiger charge is 2.58. The Kier molecular flexibility index (Phi) is 8.32. The number of aromatic nitrogens is 1. The topological polar surface area (TPSA) is 147 Å². The van der Waals surface area contributed by atoms with E-state index >= 15 is 0 Å². The van der Waals surface area contributed by atoms with E-state index in [0.29, 0.717) is 0 Å². The Labute approximate surface area is 236 Å². The molecule has 1 aromatic heterocycles. The normalized spacial score (nSPS) is 17.5. The van der Waals surface area contributed by atoms with Gasteiger partial charge in [-0.05, 0) is 55.5 Å². The van der Waals surface area contributed by atoms with Crippen molar-refractivity contribution in [1.82, 2.24) is 10.3 Å². The lowest BCUT2D eigenvalue weighted by Crippen LogP contribution is -2.51. The van der Waals surface area contributed by atoms with E-state index in [2.05, 4.69) is 10.3 Å². The maximum atomic E-state index is 14.5. The predicted octanol–water partition coefficient (Wildman–Crippen LogP) is 3.18. The second kappa shape index (κ2) is 11.4. The molecule has 0 radical (unpaired) electrons. The number of methoxy groups -OCH3 is 1. The van der Waals surface area contributed by atoms with Crippen molar-refractivity contribution < 1.29 is 56.7 Å². The van der Waals surface area contributed by atoms with Gasteiger partial charge in [0.2, 0.25) is 5.60 Å². The van der Waals surface area contributed by atoms with Crippen molar-refractivity contribution in [3.05, 3.63) is 71.2 Å². The van der Waals surface area contributed by atoms with Gasteiger partial charge in [-0.15, -0.1) is 0 Å². The number of nitrogens with zero attached hydrogens (tertiary/aromatic N) is 1. The number of carboxylic acids is 1. The highest BCUT2D eigenvalue weighted by molar-refractivity contribution is 5.95. The van der Waals surface area contributed by atoms with Gasteiger partial charge in [-0.1, -0.05) is 0 Å². The number of alkyl halides is 3. The molecule has 1 amide bonds. The predicted molar refractivity (Wildman–Crippen MR) is 138 cm³/mol. The minimum atomic E-state index is -5.40. The number of aliphatic hydroxyl groups excluding tert-OH is 1. The van der Waals surface area contributed by atoms with Crippen LogP contribution in [0.1, 0.15) is 28.5 Å². The van der Waals surface area contributed by atoms with Crippen LogP contribution >= 0.6 is 0 Å². The number of aliphatic carboxylic acids is 1. The molecule has 1 aliphatic heterocycles. The van der Waals surface area contributed by atoms with E-state index in [4.69, 9.17) is 19.3 Å². The average molecular weight is 595 g/mol. The van der Waals surface area contributed by atoms with E-state index < -0.39 is 53.7 Å². The van der Waals surface area contributed by atoms with Crippen LogP contribution in [0.3, 0.4) is 0 Å². The van der Waals surface area contributed by atoms with Crippen LogP contribution in [0, 0.1) is 5.82 Å². The number of benzene rings is 2. The Morgan fingerprint density at radius 1 is 1.12 bits per heavy atom. The summed E-state index contributed by atoms with van der Waals surface area (Å²) in [6.07, 6.45) is -5.40. The number of ether oxygens (including phenoxy) is 3. The summed E-state index contributed by atoms with van der Waals surface area (Å²) in [6, 6.07) is 9.06. The third-order valence-electron chi connectivity index (χ3n) is 6.83.